The van der Waals surface area contributed by atoms with Gasteiger partial charge in [0.1, 0.15) is 0 Å². The van der Waals surface area contributed by atoms with Crippen LogP contribution in [-0.2, 0) is 0 Å². The number of rotatable bonds is 29. The molecule has 0 saturated carbocycles. The van der Waals surface area contributed by atoms with E-state index >= 15 is 0 Å². The van der Waals surface area contributed by atoms with E-state index in [1.807, 2.05) is 0 Å². The minimum atomic E-state index is 0.833. The van der Waals surface area contributed by atoms with Crippen molar-refractivity contribution >= 4 is 0 Å². The summed E-state index contributed by atoms with van der Waals surface area (Å²) >= 11 is 0. The van der Waals surface area contributed by atoms with Crippen molar-refractivity contribution in [3.05, 3.63) is 0 Å². The molecule has 0 heteroatoms. The lowest BCUT2D eigenvalue weighted by molar-refractivity contribution is 0.500. The average Bonchev–Trinajstić information content (AvgIpc) is 2.85. The van der Waals surface area contributed by atoms with Crippen molar-refractivity contribution in [2.24, 2.45) is 11.8 Å². The Morgan fingerprint density at radius 3 is 0.595 bits per heavy atom. The van der Waals surface area contributed by atoms with Crippen LogP contribution in [-0.4, -0.2) is 0 Å². The molecule has 0 aromatic rings. The zero-order valence-electron chi connectivity index (χ0n) is 27.7. The van der Waals surface area contributed by atoms with Gasteiger partial charge in [0, 0.05) is 0 Å². The molecule has 0 bridgehead atoms. The highest BCUT2D eigenvalue weighted by atomic mass is 14.0. The molecule has 0 aromatic carbocycles. The molecule has 0 unspecified atom stereocenters. The lowest BCUT2D eigenvalue weighted by atomic mass is 10.0. The van der Waals surface area contributed by atoms with E-state index in [4.69, 9.17) is 0 Å². The smallest absolute Gasteiger partial charge is 0.0471 e. The topological polar surface area (TPSA) is 0 Å². The summed E-state index contributed by atoms with van der Waals surface area (Å²) in [5, 5.41) is 0. The second-order valence-corrected chi connectivity index (χ2v) is 13.5. The molecule has 0 saturated heterocycles. The third-order valence-corrected chi connectivity index (χ3v) is 7.64. The minimum absolute atomic E-state index is 0.833. The van der Waals surface area contributed by atoms with Crippen LogP contribution in [0.1, 0.15) is 228 Å². The van der Waals surface area contributed by atoms with Crippen molar-refractivity contribution in [2.75, 3.05) is 0 Å². The predicted octanol–water partition coefficient (Wildman–Crippen LogP) is 14.6. The maximum atomic E-state index is 2.35. The maximum absolute atomic E-state index is 2.35. The zero-order chi connectivity index (χ0) is 27.7. The summed E-state index contributed by atoms with van der Waals surface area (Å²) in [6.45, 7) is 13.5. The molecular formula is C37H78. The Balaban J connectivity index is 0. The van der Waals surface area contributed by atoms with Crippen molar-refractivity contribution in [3.63, 3.8) is 0 Å². The third-order valence-electron chi connectivity index (χ3n) is 7.64. The summed E-state index contributed by atoms with van der Waals surface area (Å²) in [4.78, 5) is 0. The fourth-order valence-electron chi connectivity index (χ4n) is 5.22. The van der Waals surface area contributed by atoms with Gasteiger partial charge in [-0.3, -0.25) is 0 Å². The van der Waals surface area contributed by atoms with E-state index in [-0.39, 0.29) is 0 Å². The summed E-state index contributed by atoms with van der Waals surface area (Å²) in [6, 6.07) is 0. The van der Waals surface area contributed by atoms with Crippen LogP contribution in [0, 0.1) is 11.8 Å². The van der Waals surface area contributed by atoms with Crippen molar-refractivity contribution in [2.45, 2.75) is 228 Å². The second kappa shape index (κ2) is 36.0. The molecule has 37 heavy (non-hydrogen) atoms. The standard InChI is InChI=1S/C33H68.C4H10/c1-4-5-6-7-8-9-10-11-12-13-14-15-16-17-18-19-20-21-22-23-24-25-26-27-28-29-30-31-32-33(2)3;1-4(2)3/h33H,4-32H2,1-3H3;4H,1-3H3. The van der Waals surface area contributed by atoms with Crippen LogP contribution in [0.25, 0.3) is 0 Å². The van der Waals surface area contributed by atoms with Gasteiger partial charge in [0.2, 0.25) is 0 Å². The molecule has 0 spiro atoms. The van der Waals surface area contributed by atoms with Crippen molar-refractivity contribution in [1.82, 2.24) is 0 Å². The number of hydrogen-bond acceptors (Lipinski definition) is 0. The minimum Gasteiger partial charge on any atom is -0.0654 e. The van der Waals surface area contributed by atoms with Gasteiger partial charge in [-0.05, 0) is 11.8 Å². The molecule has 0 N–H and O–H groups in total. The van der Waals surface area contributed by atoms with E-state index in [1.54, 1.807) is 0 Å². The molecule has 0 aromatic heterocycles. The van der Waals surface area contributed by atoms with E-state index in [0.29, 0.717) is 0 Å². The third kappa shape index (κ3) is 46.2. The highest BCUT2D eigenvalue weighted by molar-refractivity contribution is 4.52. The fourth-order valence-corrected chi connectivity index (χ4v) is 5.22. The molecule has 0 nitrogen and oxygen atoms in total. The van der Waals surface area contributed by atoms with Crippen molar-refractivity contribution in [1.29, 1.82) is 0 Å². The Labute approximate surface area is 239 Å². The Hall–Kier alpha value is 0. The summed E-state index contributed by atoms with van der Waals surface area (Å²) in [7, 11) is 0. The SMILES string of the molecule is CC(C)C.CCCCCCCCCCCCCCCCCCCCCCCCCCCCCCC(C)C. The van der Waals surface area contributed by atoms with Gasteiger partial charge in [-0.1, -0.05) is 228 Å². The Morgan fingerprint density at radius 2 is 0.432 bits per heavy atom. The van der Waals surface area contributed by atoms with Crippen molar-refractivity contribution < 1.29 is 0 Å². The van der Waals surface area contributed by atoms with Crippen LogP contribution in [0.3, 0.4) is 0 Å². The van der Waals surface area contributed by atoms with E-state index in [1.165, 1.54) is 186 Å². The molecule has 0 amide bonds. The number of unbranched alkanes of at least 4 members (excludes halogenated alkanes) is 27. The molecule has 0 aliphatic carbocycles. The van der Waals surface area contributed by atoms with Gasteiger partial charge in [-0.2, -0.15) is 0 Å². The summed E-state index contributed by atoms with van der Waals surface area (Å²) in [6.07, 6.45) is 42.9. The maximum Gasteiger partial charge on any atom is -0.0471 e. The van der Waals surface area contributed by atoms with E-state index in [0.717, 1.165) is 11.8 Å². The summed E-state index contributed by atoms with van der Waals surface area (Å²) in [5.74, 6) is 1.73. The van der Waals surface area contributed by atoms with E-state index < -0.39 is 0 Å². The molecule has 0 rings (SSSR count). The van der Waals surface area contributed by atoms with Crippen molar-refractivity contribution in [3.8, 4) is 0 Å². The second-order valence-electron chi connectivity index (χ2n) is 13.5. The Morgan fingerprint density at radius 1 is 0.270 bits per heavy atom. The quantitative estimate of drug-likeness (QED) is 0.0856. The van der Waals surface area contributed by atoms with Gasteiger partial charge in [-0.15, -0.1) is 0 Å². The highest BCUT2D eigenvalue weighted by Gasteiger charge is 1.97. The fraction of sp³-hybridized carbons (Fsp3) is 1.00. The molecule has 0 atom stereocenters. The lowest BCUT2D eigenvalue weighted by Crippen LogP contribution is -1.87. The predicted molar refractivity (Wildman–Crippen MR) is 175 cm³/mol. The van der Waals surface area contributed by atoms with Gasteiger partial charge < -0.3 is 0 Å². The summed E-state index contributed by atoms with van der Waals surface area (Å²) < 4.78 is 0. The molecule has 0 fully saturated rings. The van der Waals surface area contributed by atoms with Gasteiger partial charge in [-0.25, -0.2) is 0 Å². The van der Waals surface area contributed by atoms with Crippen LogP contribution in [0.2, 0.25) is 0 Å². The molecule has 0 radical (unpaired) electrons. The molecule has 0 heterocycles. The molecule has 0 aliphatic heterocycles. The van der Waals surface area contributed by atoms with E-state index in [2.05, 4.69) is 41.5 Å². The first-order chi connectivity index (χ1) is 18.0. The van der Waals surface area contributed by atoms with Crippen LogP contribution in [0.5, 0.6) is 0 Å². The first-order valence-electron chi connectivity index (χ1n) is 18.0. The van der Waals surface area contributed by atoms with Crippen LogP contribution >= 0.6 is 0 Å². The Bertz CT molecular complexity index is 352. The molecule has 226 valence electrons. The highest BCUT2D eigenvalue weighted by Crippen LogP contribution is 2.16. The first kappa shape index (κ1) is 39.1. The number of hydrogen-bond donors (Lipinski definition) is 0. The lowest BCUT2D eigenvalue weighted by Gasteiger charge is -2.05. The monoisotopic (exact) mass is 523 g/mol. The molecule has 0 aliphatic rings. The average molecular weight is 523 g/mol. The van der Waals surface area contributed by atoms with Gasteiger partial charge >= 0.3 is 0 Å². The van der Waals surface area contributed by atoms with Crippen LogP contribution < -0.4 is 0 Å². The summed E-state index contributed by atoms with van der Waals surface area (Å²) in [5.41, 5.74) is 0. The normalized spacial score (nSPS) is 11.4. The van der Waals surface area contributed by atoms with Gasteiger partial charge in [0.25, 0.3) is 0 Å². The van der Waals surface area contributed by atoms with Gasteiger partial charge in [0.15, 0.2) is 0 Å². The first-order valence-corrected chi connectivity index (χ1v) is 18.0. The Kier molecular flexibility index (Phi) is 38.1. The van der Waals surface area contributed by atoms with E-state index in [9.17, 15) is 0 Å². The van der Waals surface area contributed by atoms with Crippen LogP contribution in [0.15, 0.2) is 0 Å². The van der Waals surface area contributed by atoms with Crippen LogP contribution in [0.4, 0.5) is 0 Å². The zero-order valence-corrected chi connectivity index (χ0v) is 27.7. The molecular weight excluding hydrogens is 444 g/mol. The van der Waals surface area contributed by atoms with Gasteiger partial charge in [0.05, 0.1) is 0 Å². The largest absolute Gasteiger partial charge is 0.0654 e.